The molecule has 0 bridgehead atoms. The van der Waals surface area contributed by atoms with E-state index in [9.17, 15) is 13.2 Å². The lowest BCUT2D eigenvalue weighted by Crippen LogP contribution is -2.41. The third-order valence-electron chi connectivity index (χ3n) is 5.02. The van der Waals surface area contributed by atoms with Gasteiger partial charge in [-0.3, -0.25) is 4.79 Å². The Kier molecular flexibility index (Phi) is 6.07. The number of carbonyl (C=O) groups is 1. The number of aryl methyl sites for hydroxylation is 1. The number of hydrogen-bond acceptors (Lipinski definition) is 7. The Hall–Kier alpha value is -3.15. The lowest BCUT2D eigenvalue weighted by molar-refractivity contribution is 0.0730. The summed E-state index contributed by atoms with van der Waals surface area (Å²) in [5, 5.41) is 13.8. The molecule has 31 heavy (non-hydrogen) atoms. The molecule has 0 spiro atoms. The molecule has 0 radical (unpaired) electrons. The molecule has 1 N–H and O–H groups in total. The van der Waals surface area contributed by atoms with E-state index in [0.29, 0.717) is 49.7 Å². The first kappa shape index (κ1) is 21.1. The van der Waals surface area contributed by atoms with Crippen LogP contribution in [0.2, 0.25) is 0 Å². The number of morpholine rings is 1. The largest absolute Gasteiger partial charge is 0.379 e. The van der Waals surface area contributed by atoms with Crippen molar-refractivity contribution >= 4 is 21.6 Å². The first-order chi connectivity index (χ1) is 15.0. The lowest BCUT2D eigenvalue weighted by Gasteiger charge is -2.27. The van der Waals surface area contributed by atoms with Gasteiger partial charge in [0.15, 0.2) is 0 Å². The number of carbonyl (C=O) groups excluding carboxylic acids is 1. The molecule has 2 heterocycles. The summed E-state index contributed by atoms with van der Waals surface area (Å²) in [7, 11) is -3.72. The van der Waals surface area contributed by atoms with Gasteiger partial charge in [0.05, 0.1) is 23.8 Å². The van der Waals surface area contributed by atoms with E-state index in [1.165, 1.54) is 21.4 Å². The van der Waals surface area contributed by atoms with Crippen LogP contribution in [-0.2, 0) is 21.2 Å². The number of nitrogens with zero attached hydrogens (tertiary/aromatic N) is 5. The molecule has 1 saturated heterocycles. The standard InChI is InChI=1S/C20H22N6O4S/c1-2-15-6-7-16(12-19(15)31(28,29)25-8-10-30-11-9-25)20(27)22-17-4-3-5-18(13-17)26-14-21-23-24-26/h3-7,12-14H,2,8-11H2,1H3,(H,22,27). The van der Waals surface area contributed by atoms with Crippen molar-refractivity contribution in [2.45, 2.75) is 18.2 Å². The van der Waals surface area contributed by atoms with Crippen LogP contribution in [0.4, 0.5) is 5.69 Å². The minimum atomic E-state index is -3.72. The summed E-state index contributed by atoms with van der Waals surface area (Å²) in [6, 6.07) is 11.8. The van der Waals surface area contributed by atoms with E-state index < -0.39 is 15.9 Å². The molecule has 0 unspecified atom stereocenters. The van der Waals surface area contributed by atoms with Crippen molar-refractivity contribution in [3.63, 3.8) is 0 Å². The molecule has 1 aliphatic rings. The van der Waals surface area contributed by atoms with Crippen LogP contribution in [0.5, 0.6) is 0 Å². The highest BCUT2D eigenvalue weighted by molar-refractivity contribution is 7.89. The van der Waals surface area contributed by atoms with Gasteiger partial charge in [-0.2, -0.15) is 4.31 Å². The maximum atomic E-state index is 13.2. The molecule has 1 fully saturated rings. The minimum absolute atomic E-state index is 0.159. The maximum Gasteiger partial charge on any atom is 0.255 e. The summed E-state index contributed by atoms with van der Waals surface area (Å²) in [6.45, 7) is 3.20. The Morgan fingerprint density at radius 1 is 1.16 bits per heavy atom. The predicted molar refractivity (Wildman–Crippen MR) is 113 cm³/mol. The average Bonchev–Trinajstić information content (AvgIpc) is 3.34. The van der Waals surface area contributed by atoms with Gasteiger partial charge in [-0.15, -0.1) is 5.10 Å². The summed E-state index contributed by atoms with van der Waals surface area (Å²) in [4.78, 5) is 13.0. The van der Waals surface area contributed by atoms with E-state index in [1.54, 1.807) is 36.4 Å². The van der Waals surface area contributed by atoms with Gasteiger partial charge >= 0.3 is 0 Å². The number of amides is 1. The number of hydrogen-bond donors (Lipinski definition) is 1. The van der Waals surface area contributed by atoms with Gasteiger partial charge < -0.3 is 10.1 Å². The van der Waals surface area contributed by atoms with Gasteiger partial charge in [0, 0.05) is 24.3 Å². The lowest BCUT2D eigenvalue weighted by atomic mass is 10.1. The third-order valence-corrected chi connectivity index (χ3v) is 7.00. The van der Waals surface area contributed by atoms with E-state index in [4.69, 9.17) is 4.74 Å². The number of aromatic nitrogens is 4. The molecular formula is C20H22N6O4S. The van der Waals surface area contributed by atoms with Crippen LogP contribution in [-0.4, -0.2) is 65.1 Å². The first-order valence-electron chi connectivity index (χ1n) is 9.84. The highest BCUT2D eigenvalue weighted by Crippen LogP contribution is 2.24. The second-order valence-electron chi connectivity index (χ2n) is 6.95. The first-order valence-corrected chi connectivity index (χ1v) is 11.3. The fourth-order valence-electron chi connectivity index (χ4n) is 3.36. The van der Waals surface area contributed by atoms with Crippen LogP contribution < -0.4 is 5.32 Å². The molecule has 1 aliphatic heterocycles. The maximum absolute atomic E-state index is 13.2. The van der Waals surface area contributed by atoms with Gasteiger partial charge in [-0.05, 0) is 52.7 Å². The minimum Gasteiger partial charge on any atom is -0.379 e. The molecule has 0 atom stereocenters. The van der Waals surface area contributed by atoms with Crippen molar-refractivity contribution in [2.75, 3.05) is 31.6 Å². The predicted octanol–water partition coefficient (Wildman–Crippen LogP) is 1.50. The number of ether oxygens (including phenoxy) is 1. The van der Waals surface area contributed by atoms with Crippen LogP contribution in [0, 0.1) is 0 Å². The molecule has 0 saturated carbocycles. The Morgan fingerprint density at radius 2 is 1.97 bits per heavy atom. The molecule has 1 amide bonds. The van der Waals surface area contributed by atoms with Crippen LogP contribution in [0.15, 0.2) is 53.7 Å². The molecule has 4 rings (SSSR count). The molecule has 2 aromatic carbocycles. The van der Waals surface area contributed by atoms with Crippen molar-refractivity contribution < 1.29 is 17.9 Å². The van der Waals surface area contributed by atoms with E-state index in [1.807, 2.05) is 6.92 Å². The van der Waals surface area contributed by atoms with Crippen LogP contribution >= 0.6 is 0 Å². The van der Waals surface area contributed by atoms with Crippen LogP contribution in [0.25, 0.3) is 5.69 Å². The van der Waals surface area contributed by atoms with Crippen molar-refractivity contribution in [3.8, 4) is 5.69 Å². The Morgan fingerprint density at radius 3 is 2.68 bits per heavy atom. The van der Waals surface area contributed by atoms with Gasteiger partial charge in [0.2, 0.25) is 10.0 Å². The molecule has 3 aromatic rings. The number of nitrogens with one attached hydrogen (secondary N) is 1. The SMILES string of the molecule is CCc1ccc(C(=O)Nc2cccc(-n3cnnn3)c2)cc1S(=O)(=O)N1CCOCC1. The second-order valence-corrected chi connectivity index (χ2v) is 8.86. The number of sulfonamides is 1. The summed E-state index contributed by atoms with van der Waals surface area (Å²) in [6.07, 6.45) is 1.99. The van der Waals surface area contributed by atoms with Gasteiger partial charge in [-0.1, -0.05) is 19.1 Å². The quantitative estimate of drug-likeness (QED) is 0.614. The highest BCUT2D eigenvalue weighted by Gasteiger charge is 2.29. The number of tetrazole rings is 1. The molecule has 162 valence electrons. The van der Waals surface area contributed by atoms with E-state index >= 15 is 0 Å². The summed E-state index contributed by atoms with van der Waals surface area (Å²) in [5.41, 5.74) is 2.15. The topological polar surface area (TPSA) is 119 Å². The van der Waals surface area contributed by atoms with Gasteiger partial charge in [0.25, 0.3) is 5.91 Å². The summed E-state index contributed by atoms with van der Waals surface area (Å²) >= 11 is 0. The molecule has 10 nitrogen and oxygen atoms in total. The zero-order valence-corrected chi connectivity index (χ0v) is 17.7. The zero-order chi connectivity index (χ0) is 21.8. The van der Waals surface area contributed by atoms with Crippen LogP contribution in [0.1, 0.15) is 22.8 Å². The fourth-order valence-corrected chi connectivity index (χ4v) is 5.09. The highest BCUT2D eigenvalue weighted by atomic mass is 32.2. The molecule has 1 aromatic heterocycles. The monoisotopic (exact) mass is 442 g/mol. The smallest absolute Gasteiger partial charge is 0.255 e. The normalized spacial score (nSPS) is 15.0. The average molecular weight is 443 g/mol. The second kappa shape index (κ2) is 8.92. The fraction of sp³-hybridized carbons (Fsp3) is 0.300. The van der Waals surface area contributed by atoms with Gasteiger partial charge in [-0.25, -0.2) is 13.1 Å². The number of rotatable bonds is 6. The molecule has 0 aliphatic carbocycles. The Balaban J connectivity index is 1.61. The Labute approximate surface area is 179 Å². The van der Waals surface area contributed by atoms with E-state index in [-0.39, 0.29) is 10.5 Å². The number of anilines is 1. The molecule has 11 heteroatoms. The van der Waals surface area contributed by atoms with Crippen molar-refractivity contribution in [3.05, 3.63) is 59.9 Å². The van der Waals surface area contributed by atoms with E-state index in [0.717, 1.165) is 0 Å². The summed E-state index contributed by atoms with van der Waals surface area (Å²) in [5.74, 6) is -0.407. The zero-order valence-electron chi connectivity index (χ0n) is 16.9. The summed E-state index contributed by atoms with van der Waals surface area (Å²) < 4.78 is 34.5. The number of benzene rings is 2. The van der Waals surface area contributed by atoms with Gasteiger partial charge in [0.1, 0.15) is 6.33 Å². The van der Waals surface area contributed by atoms with Crippen molar-refractivity contribution in [1.82, 2.24) is 24.5 Å². The molecular weight excluding hydrogens is 420 g/mol. The van der Waals surface area contributed by atoms with Crippen molar-refractivity contribution in [1.29, 1.82) is 0 Å². The van der Waals surface area contributed by atoms with Crippen molar-refractivity contribution in [2.24, 2.45) is 0 Å². The van der Waals surface area contributed by atoms with E-state index in [2.05, 4.69) is 20.8 Å². The Bertz CT molecular complexity index is 1170. The third kappa shape index (κ3) is 4.48. The van der Waals surface area contributed by atoms with Crippen LogP contribution in [0.3, 0.4) is 0 Å².